The van der Waals surface area contributed by atoms with Crippen LogP contribution in [0.25, 0.3) is 21.3 Å². The second-order valence-electron chi connectivity index (χ2n) is 7.07. The molecule has 12 heteroatoms. The standard InChI is InChI=1S/C19H21N9O2S/c1-11(25-26(2)7-5-14(20)29)10-28-19(30)16-13(9-22-28)17-18(27(16)3)23-15(31-17)8-12-4-6-21-24-12/h4-7,9H,8,10H2,1-3H3,(H2,20,29)(H,21,24)/b7-5+,25-11+. The Labute approximate surface area is 180 Å². The predicted molar refractivity (Wildman–Crippen MR) is 119 cm³/mol. The summed E-state index contributed by atoms with van der Waals surface area (Å²) in [5.41, 5.74) is 7.79. The highest BCUT2D eigenvalue weighted by molar-refractivity contribution is 7.19. The number of rotatable bonds is 7. The minimum Gasteiger partial charge on any atom is -0.366 e. The number of nitrogens with zero attached hydrogens (tertiary/aromatic N) is 7. The van der Waals surface area contributed by atoms with Crippen LogP contribution in [0.2, 0.25) is 0 Å². The number of carbonyl (C=O) groups is 1. The van der Waals surface area contributed by atoms with Gasteiger partial charge in [-0.1, -0.05) is 0 Å². The van der Waals surface area contributed by atoms with Crippen molar-refractivity contribution in [1.29, 1.82) is 0 Å². The van der Waals surface area contributed by atoms with Gasteiger partial charge in [-0.3, -0.25) is 19.7 Å². The van der Waals surface area contributed by atoms with Crippen LogP contribution in [-0.4, -0.2) is 53.2 Å². The third-order valence-electron chi connectivity index (χ3n) is 4.63. The smallest absolute Gasteiger partial charge is 0.291 e. The number of aryl methyl sites for hydroxylation is 1. The highest BCUT2D eigenvalue weighted by Crippen LogP contribution is 2.31. The first-order valence-electron chi connectivity index (χ1n) is 9.40. The van der Waals surface area contributed by atoms with Crippen molar-refractivity contribution in [3.8, 4) is 0 Å². The summed E-state index contributed by atoms with van der Waals surface area (Å²) in [5.74, 6) is -0.562. The van der Waals surface area contributed by atoms with Crippen molar-refractivity contribution in [2.45, 2.75) is 19.9 Å². The lowest BCUT2D eigenvalue weighted by atomic mass is 10.3. The number of aromatic nitrogens is 6. The van der Waals surface area contributed by atoms with Crippen LogP contribution in [0.15, 0.2) is 40.6 Å². The Hall–Kier alpha value is -3.80. The van der Waals surface area contributed by atoms with Crippen molar-refractivity contribution in [1.82, 2.24) is 34.5 Å². The van der Waals surface area contributed by atoms with Gasteiger partial charge < -0.3 is 10.3 Å². The zero-order chi connectivity index (χ0) is 22.1. The van der Waals surface area contributed by atoms with Crippen molar-refractivity contribution in [2.75, 3.05) is 7.05 Å². The zero-order valence-corrected chi connectivity index (χ0v) is 18.1. The van der Waals surface area contributed by atoms with Crippen molar-refractivity contribution in [2.24, 2.45) is 17.9 Å². The molecule has 0 aliphatic rings. The van der Waals surface area contributed by atoms with Crippen LogP contribution in [0.3, 0.4) is 0 Å². The van der Waals surface area contributed by atoms with Crippen LogP contribution in [-0.2, 0) is 24.8 Å². The Morgan fingerprint density at radius 2 is 2.26 bits per heavy atom. The summed E-state index contributed by atoms with van der Waals surface area (Å²) < 4.78 is 4.11. The summed E-state index contributed by atoms with van der Waals surface area (Å²) >= 11 is 1.55. The van der Waals surface area contributed by atoms with Crippen LogP contribution in [0, 0.1) is 0 Å². The van der Waals surface area contributed by atoms with Gasteiger partial charge in [0.1, 0.15) is 10.5 Å². The van der Waals surface area contributed by atoms with Crippen LogP contribution < -0.4 is 11.3 Å². The SMILES string of the molecule is C/C(Cn1ncc2c3sc(Cc4ccn[nH]4)nc3n(C)c2c1=O)=N\N(C)/C=C/C(N)=O. The zero-order valence-electron chi connectivity index (χ0n) is 17.2. The maximum atomic E-state index is 13.1. The van der Waals surface area contributed by atoms with Gasteiger partial charge in [-0.15, -0.1) is 11.3 Å². The van der Waals surface area contributed by atoms with E-state index >= 15 is 0 Å². The molecule has 3 N–H and O–H groups in total. The largest absolute Gasteiger partial charge is 0.366 e. The van der Waals surface area contributed by atoms with Crippen LogP contribution >= 0.6 is 11.3 Å². The molecular formula is C19H21N9O2S. The molecule has 0 radical (unpaired) electrons. The lowest BCUT2D eigenvalue weighted by Crippen LogP contribution is -2.27. The maximum absolute atomic E-state index is 13.1. The van der Waals surface area contributed by atoms with E-state index in [-0.39, 0.29) is 12.1 Å². The van der Waals surface area contributed by atoms with Gasteiger partial charge in [0.25, 0.3) is 5.56 Å². The molecule has 0 unspecified atom stereocenters. The monoisotopic (exact) mass is 439 g/mol. The molecule has 0 saturated carbocycles. The number of nitrogens with two attached hydrogens (primary N) is 1. The van der Waals surface area contributed by atoms with Crippen molar-refractivity contribution >= 4 is 44.2 Å². The van der Waals surface area contributed by atoms with Crippen molar-refractivity contribution < 1.29 is 4.79 Å². The number of hydrazone groups is 1. The molecule has 160 valence electrons. The Morgan fingerprint density at radius 1 is 1.45 bits per heavy atom. The molecule has 11 nitrogen and oxygen atoms in total. The number of hydrogen-bond donors (Lipinski definition) is 2. The van der Waals surface area contributed by atoms with Gasteiger partial charge in [0.15, 0.2) is 5.65 Å². The fraction of sp³-hybridized carbons (Fsp3) is 0.263. The molecule has 4 rings (SSSR count). The summed E-state index contributed by atoms with van der Waals surface area (Å²) in [5, 5.41) is 18.7. The number of carbonyl (C=O) groups excluding carboxylic acids is 1. The molecule has 4 aromatic heterocycles. The fourth-order valence-corrected chi connectivity index (χ4v) is 4.43. The van der Waals surface area contributed by atoms with E-state index in [0.717, 1.165) is 26.4 Å². The average Bonchev–Trinajstić information content (AvgIpc) is 3.42. The molecule has 0 saturated heterocycles. The molecule has 4 aromatic rings. The Morgan fingerprint density at radius 3 is 2.97 bits per heavy atom. The Kier molecular flexibility index (Phi) is 5.38. The van der Waals surface area contributed by atoms with Gasteiger partial charge in [-0.05, 0) is 13.0 Å². The van der Waals surface area contributed by atoms with E-state index in [1.165, 1.54) is 22.0 Å². The van der Waals surface area contributed by atoms with Crippen molar-refractivity contribution in [3.63, 3.8) is 0 Å². The first-order chi connectivity index (χ1) is 14.8. The topological polar surface area (TPSA) is 140 Å². The summed E-state index contributed by atoms with van der Waals surface area (Å²) in [6, 6.07) is 1.91. The van der Waals surface area contributed by atoms with E-state index in [4.69, 9.17) is 10.7 Å². The molecule has 0 bridgehead atoms. The normalized spacial score (nSPS) is 12.4. The number of thiazole rings is 1. The second-order valence-corrected chi connectivity index (χ2v) is 8.16. The molecule has 0 spiro atoms. The van der Waals surface area contributed by atoms with Crippen LogP contribution in [0.5, 0.6) is 0 Å². The van der Waals surface area contributed by atoms with E-state index in [9.17, 15) is 9.59 Å². The molecule has 0 atom stereocenters. The average molecular weight is 440 g/mol. The van der Waals surface area contributed by atoms with Gasteiger partial charge in [0, 0.05) is 50.1 Å². The lowest BCUT2D eigenvalue weighted by molar-refractivity contribution is -0.113. The summed E-state index contributed by atoms with van der Waals surface area (Å²) in [7, 11) is 3.50. The van der Waals surface area contributed by atoms with Crippen molar-refractivity contribution in [3.05, 3.63) is 51.8 Å². The molecule has 4 heterocycles. The maximum Gasteiger partial charge on any atom is 0.291 e. The molecule has 31 heavy (non-hydrogen) atoms. The number of primary amides is 1. The third kappa shape index (κ3) is 4.10. The number of fused-ring (bicyclic) bond motifs is 3. The number of nitrogens with one attached hydrogen (secondary N) is 1. The lowest BCUT2D eigenvalue weighted by Gasteiger charge is -2.10. The van der Waals surface area contributed by atoms with E-state index < -0.39 is 5.91 Å². The number of hydrogen-bond acceptors (Lipinski definition) is 8. The molecule has 1 amide bonds. The molecule has 0 fully saturated rings. The molecule has 0 aliphatic carbocycles. The van der Waals surface area contributed by atoms with Gasteiger partial charge in [0.2, 0.25) is 5.91 Å². The quantitative estimate of drug-likeness (QED) is 0.250. The number of aromatic amines is 1. The fourth-order valence-electron chi connectivity index (χ4n) is 3.30. The molecular weight excluding hydrogens is 418 g/mol. The van der Waals surface area contributed by atoms with E-state index in [2.05, 4.69) is 20.4 Å². The van der Waals surface area contributed by atoms with E-state index in [1.54, 1.807) is 37.7 Å². The van der Waals surface area contributed by atoms with Crippen LogP contribution in [0.1, 0.15) is 17.6 Å². The third-order valence-corrected chi connectivity index (χ3v) is 5.71. The number of amides is 1. The van der Waals surface area contributed by atoms with Gasteiger partial charge in [-0.2, -0.15) is 15.3 Å². The summed E-state index contributed by atoms with van der Waals surface area (Å²) in [6.45, 7) is 1.99. The predicted octanol–water partition coefficient (Wildman–Crippen LogP) is 0.965. The minimum absolute atomic E-state index is 0.209. The van der Waals surface area contributed by atoms with Gasteiger partial charge in [-0.25, -0.2) is 9.67 Å². The highest BCUT2D eigenvalue weighted by atomic mass is 32.1. The molecule has 0 aliphatic heterocycles. The second kappa shape index (κ2) is 8.14. The highest BCUT2D eigenvalue weighted by Gasteiger charge is 2.18. The summed E-state index contributed by atoms with van der Waals surface area (Å²) in [6.07, 6.45) is 6.71. The van der Waals surface area contributed by atoms with Gasteiger partial charge in [0.05, 0.1) is 23.2 Å². The van der Waals surface area contributed by atoms with E-state index in [0.29, 0.717) is 17.6 Å². The van der Waals surface area contributed by atoms with Gasteiger partial charge >= 0.3 is 0 Å². The number of H-pyrrole nitrogens is 1. The molecule has 0 aromatic carbocycles. The Balaban J connectivity index is 1.65. The van der Waals surface area contributed by atoms with E-state index in [1.807, 2.05) is 17.7 Å². The summed E-state index contributed by atoms with van der Waals surface area (Å²) in [4.78, 5) is 28.6. The Bertz CT molecular complexity index is 1380. The van der Waals surface area contributed by atoms with Crippen LogP contribution in [0.4, 0.5) is 0 Å². The minimum atomic E-state index is -0.562. The first kappa shape index (κ1) is 20.5. The first-order valence-corrected chi connectivity index (χ1v) is 10.2.